The Kier molecular flexibility index (Phi) is 7.29. The molecule has 0 fully saturated rings. The number of carbonyl (C=O) groups excluding carboxylic acids is 1. The van der Waals surface area contributed by atoms with Crippen LogP contribution in [-0.4, -0.2) is 34.8 Å². The van der Waals surface area contributed by atoms with Crippen molar-refractivity contribution < 1.29 is 23.1 Å². The quantitative estimate of drug-likeness (QED) is 0.512. The number of oxazole rings is 1. The second kappa shape index (κ2) is 10.1. The van der Waals surface area contributed by atoms with Crippen LogP contribution in [0.2, 0.25) is 0 Å². The zero-order valence-corrected chi connectivity index (χ0v) is 18.6. The number of nitrogens with zero attached hydrogens (tertiary/aromatic N) is 2. The highest BCUT2D eigenvalue weighted by Gasteiger charge is 2.15. The number of pyridine rings is 1. The third-order valence-electron chi connectivity index (χ3n) is 4.35. The van der Waals surface area contributed by atoms with Crippen molar-refractivity contribution in [2.75, 3.05) is 18.5 Å². The molecule has 0 spiro atoms. The van der Waals surface area contributed by atoms with Gasteiger partial charge in [0, 0.05) is 35.6 Å². The molecule has 9 heteroatoms. The first-order valence-corrected chi connectivity index (χ1v) is 10.1. The van der Waals surface area contributed by atoms with Crippen LogP contribution in [0, 0.1) is 6.92 Å². The van der Waals surface area contributed by atoms with Crippen LogP contribution < -0.4 is 15.4 Å². The van der Waals surface area contributed by atoms with Crippen LogP contribution in [0.5, 0.6) is 5.75 Å². The molecule has 0 bridgehead atoms. The molecule has 2 heterocycles. The number of amides is 1. The van der Waals surface area contributed by atoms with Crippen LogP contribution in [0.25, 0.3) is 11.1 Å². The largest absolute Gasteiger partial charge is 0.489 e. The molecule has 32 heavy (non-hydrogen) atoms. The number of nitrogens with one attached hydrogen (secondary N) is 2. The second-order valence-electron chi connectivity index (χ2n) is 8.26. The Bertz CT molecular complexity index is 1100. The maximum atomic E-state index is 13.2. The molecule has 0 aliphatic carbocycles. The van der Waals surface area contributed by atoms with Crippen molar-refractivity contribution >= 4 is 23.2 Å². The summed E-state index contributed by atoms with van der Waals surface area (Å²) in [5, 5.41) is 5.78. The van der Waals surface area contributed by atoms with Gasteiger partial charge in [0.1, 0.15) is 24.5 Å². The van der Waals surface area contributed by atoms with Gasteiger partial charge in [-0.2, -0.15) is 4.98 Å². The van der Waals surface area contributed by atoms with Crippen molar-refractivity contribution in [2.45, 2.75) is 39.8 Å². The van der Waals surface area contributed by atoms with E-state index in [1.165, 1.54) is 0 Å². The summed E-state index contributed by atoms with van der Waals surface area (Å²) in [6.45, 7) is 7.64. The van der Waals surface area contributed by atoms with Gasteiger partial charge < -0.3 is 24.5 Å². The van der Waals surface area contributed by atoms with E-state index in [4.69, 9.17) is 13.9 Å². The lowest BCUT2D eigenvalue weighted by Crippen LogP contribution is -2.41. The number of carbonyl (C=O) groups is 1. The Balaban J connectivity index is 1.55. The molecule has 0 aliphatic rings. The zero-order chi connectivity index (χ0) is 23.1. The molecule has 1 amide bonds. The zero-order valence-electron chi connectivity index (χ0n) is 18.6. The van der Waals surface area contributed by atoms with Crippen LogP contribution in [0.4, 0.5) is 15.2 Å². The van der Waals surface area contributed by atoms with E-state index in [0.29, 0.717) is 35.7 Å². The van der Waals surface area contributed by atoms with Gasteiger partial charge in [-0.1, -0.05) is 6.07 Å². The van der Waals surface area contributed by atoms with Crippen LogP contribution in [0.15, 0.2) is 52.8 Å². The standard InChI is InChI=1S/C23H27FN4O4/c1-15-17(6-5-9-25-15)12-26-21-27-19-8-7-18(10-20(19)32-21)30-13-16(11-24)14-31-22(29)28-23(2,3)4/h5-11H,12-14H2,1-4H3,(H,26,27)(H,28,29)/b16-11-. The molecule has 0 saturated carbocycles. The minimum Gasteiger partial charge on any atom is -0.489 e. The Morgan fingerprint density at radius 2 is 2.06 bits per heavy atom. The molecule has 3 rings (SSSR count). The molecule has 2 N–H and O–H groups in total. The van der Waals surface area contributed by atoms with E-state index in [-0.39, 0.29) is 18.8 Å². The number of aryl methyl sites for hydroxylation is 1. The molecule has 0 aliphatic heterocycles. The maximum Gasteiger partial charge on any atom is 0.407 e. The van der Waals surface area contributed by atoms with Gasteiger partial charge >= 0.3 is 6.09 Å². The molecule has 8 nitrogen and oxygen atoms in total. The van der Waals surface area contributed by atoms with Gasteiger partial charge in [0.05, 0.1) is 6.33 Å². The fourth-order valence-corrected chi connectivity index (χ4v) is 2.73. The third-order valence-corrected chi connectivity index (χ3v) is 4.35. The first kappa shape index (κ1) is 23.1. The normalized spacial score (nSPS) is 12.0. The fraction of sp³-hybridized carbons (Fsp3) is 0.348. The van der Waals surface area contributed by atoms with Gasteiger partial charge in [0.25, 0.3) is 6.01 Å². The second-order valence-corrected chi connectivity index (χ2v) is 8.26. The summed E-state index contributed by atoms with van der Waals surface area (Å²) in [5.74, 6) is 0.474. The van der Waals surface area contributed by atoms with E-state index < -0.39 is 11.6 Å². The first-order valence-electron chi connectivity index (χ1n) is 10.1. The minimum atomic E-state index is -0.624. The molecular weight excluding hydrogens is 415 g/mol. The number of alkyl carbamates (subject to hydrolysis) is 1. The van der Waals surface area contributed by atoms with E-state index in [9.17, 15) is 9.18 Å². The molecule has 170 valence electrons. The van der Waals surface area contributed by atoms with Gasteiger partial charge in [-0.3, -0.25) is 4.98 Å². The summed E-state index contributed by atoms with van der Waals surface area (Å²) in [6, 6.07) is 9.37. The van der Waals surface area contributed by atoms with Crippen molar-refractivity contribution in [1.82, 2.24) is 15.3 Å². The number of hydrogen-bond donors (Lipinski definition) is 2. The molecule has 3 aromatic rings. The molecule has 0 unspecified atom stereocenters. The summed E-state index contributed by atoms with van der Waals surface area (Å²) in [5.41, 5.74) is 2.90. The summed E-state index contributed by atoms with van der Waals surface area (Å²) in [4.78, 5) is 20.4. The van der Waals surface area contributed by atoms with Gasteiger partial charge in [-0.25, -0.2) is 9.18 Å². The number of fused-ring (bicyclic) bond motifs is 1. The van der Waals surface area contributed by atoms with Crippen molar-refractivity contribution in [3.05, 3.63) is 59.7 Å². The summed E-state index contributed by atoms with van der Waals surface area (Å²) in [6.07, 6.45) is 1.50. The monoisotopic (exact) mass is 442 g/mol. The fourth-order valence-electron chi connectivity index (χ4n) is 2.73. The van der Waals surface area contributed by atoms with Gasteiger partial charge in [-0.15, -0.1) is 0 Å². The average Bonchev–Trinajstić information content (AvgIpc) is 3.14. The van der Waals surface area contributed by atoms with Crippen LogP contribution in [0.1, 0.15) is 32.0 Å². The van der Waals surface area contributed by atoms with Crippen LogP contribution in [0.3, 0.4) is 0 Å². The number of ether oxygens (including phenoxy) is 2. The van der Waals surface area contributed by atoms with Crippen LogP contribution in [-0.2, 0) is 11.3 Å². The average molecular weight is 442 g/mol. The van der Waals surface area contributed by atoms with E-state index in [0.717, 1.165) is 11.3 Å². The predicted molar refractivity (Wildman–Crippen MR) is 119 cm³/mol. The molecule has 1 aromatic carbocycles. The van der Waals surface area contributed by atoms with E-state index >= 15 is 0 Å². The number of halogens is 1. The Labute approximate surface area is 185 Å². The number of benzene rings is 1. The number of rotatable bonds is 8. The van der Waals surface area contributed by atoms with E-state index in [2.05, 4.69) is 20.6 Å². The van der Waals surface area contributed by atoms with Crippen molar-refractivity contribution in [1.29, 1.82) is 0 Å². The van der Waals surface area contributed by atoms with Gasteiger partial charge in [0.2, 0.25) is 0 Å². The summed E-state index contributed by atoms with van der Waals surface area (Å²) in [7, 11) is 0. The van der Waals surface area contributed by atoms with Gasteiger partial charge in [0.15, 0.2) is 5.58 Å². The molecule has 2 aromatic heterocycles. The molecule has 0 saturated heterocycles. The van der Waals surface area contributed by atoms with Gasteiger partial charge in [-0.05, 0) is 51.5 Å². The smallest absolute Gasteiger partial charge is 0.407 e. The summed E-state index contributed by atoms with van der Waals surface area (Å²) >= 11 is 0. The highest BCUT2D eigenvalue weighted by atomic mass is 19.1. The lowest BCUT2D eigenvalue weighted by atomic mass is 10.1. The lowest BCUT2D eigenvalue weighted by molar-refractivity contribution is 0.143. The Morgan fingerprint density at radius 1 is 1.25 bits per heavy atom. The maximum absolute atomic E-state index is 13.2. The number of anilines is 1. The summed E-state index contributed by atoms with van der Waals surface area (Å²) < 4.78 is 29.5. The predicted octanol–water partition coefficient (Wildman–Crippen LogP) is 4.90. The third kappa shape index (κ3) is 6.69. The van der Waals surface area contributed by atoms with E-state index in [1.54, 1.807) is 24.4 Å². The number of aromatic nitrogens is 2. The van der Waals surface area contributed by atoms with Crippen molar-refractivity contribution in [2.24, 2.45) is 0 Å². The van der Waals surface area contributed by atoms with E-state index in [1.807, 2.05) is 39.8 Å². The minimum absolute atomic E-state index is 0.0790. The van der Waals surface area contributed by atoms with Crippen molar-refractivity contribution in [3.8, 4) is 5.75 Å². The Hall–Kier alpha value is -3.62. The highest BCUT2D eigenvalue weighted by molar-refractivity contribution is 5.76. The lowest BCUT2D eigenvalue weighted by Gasteiger charge is -2.20. The molecular formula is C23H27FN4O4. The topological polar surface area (TPSA) is 98.5 Å². The highest BCUT2D eigenvalue weighted by Crippen LogP contribution is 2.24. The van der Waals surface area contributed by atoms with Crippen LogP contribution >= 0.6 is 0 Å². The SMILES string of the molecule is Cc1ncccc1CNc1nc2ccc(OC/C(=C/F)COC(=O)NC(C)(C)C)cc2o1. The Morgan fingerprint density at radius 3 is 2.78 bits per heavy atom. The van der Waals surface area contributed by atoms with Crippen molar-refractivity contribution in [3.63, 3.8) is 0 Å². The molecule has 0 atom stereocenters. The first-order chi connectivity index (χ1) is 15.2. The molecule has 0 radical (unpaired) electrons. The number of hydrogen-bond acceptors (Lipinski definition) is 7.